The van der Waals surface area contributed by atoms with Gasteiger partial charge in [0.15, 0.2) is 5.65 Å². The molecule has 1 aliphatic heterocycles. The molecule has 2 aromatic carbocycles. The maximum Gasteiger partial charge on any atom is 0.151 e. The van der Waals surface area contributed by atoms with Crippen LogP contribution in [0.1, 0.15) is 18.4 Å². The molecule has 0 radical (unpaired) electrons. The predicted octanol–water partition coefficient (Wildman–Crippen LogP) is 4.94. The number of hydrogen-bond acceptors (Lipinski definition) is 4. The summed E-state index contributed by atoms with van der Waals surface area (Å²) in [5, 5.41) is 10.2. The fourth-order valence-corrected chi connectivity index (χ4v) is 5.24. The summed E-state index contributed by atoms with van der Waals surface area (Å²) in [6.07, 6.45) is 4.18. The van der Waals surface area contributed by atoms with Gasteiger partial charge in [0.2, 0.25) is 0 Å². The zero-order valence-electron chi connectivity index (χ0n) is 18.9. The van der Waals surface area contributed by atoms with Crippen molar-refractivity contribution in [3.8, 4) is 11.3 Å². The monoisotopic (exact) mass is 511 g/mol. The van der Waals surface area contributed by atoms with Gasteiger partial charge in [0, 0.05) is 42.5 Å². The summed E-state index contributed by atoms with van der Waals surface area (Å²) in [4.78, 5) is 7.30. The zero-order valence-corrected chi connectivity index (χ0v) is 21.2. The van der Waals surface area contributed by atoms with Crippen LogP contribution >= 0.6 is 34.8 Å². The summed E-state index contributed by atoms with van der Waals surface area (Å²) >= 11 is 19.1. The number of aromatic nitrogens is 3. The molecule has 2 aromatic heterocycles. The minimum absolute atomic E-state index is 0.510. The van der Waals surface area contributed by atoms with Gasteiger partial charge in [0.05, 0.1) is 15.7 Å². The van der Waals surface area contributed by atoms with Crippen molar-refractivity contribution in [3.05, 3.63) is 75.4 Å². The van der Waals surface area contributed by atoms with Crippen LogP contribution < -0.4 is 10.8 Å². The molecule has 1 aliphatic rings. The normalized spacial score (nSPS) is 16.7. The van der Waals surface area contributed by atoms with Crippen molar-refractivity contribution in [1.82, 2.24) is 19.5 Å². The highest BCUT2D eigenvalue weighted by Gasteiger charge is 2.22. The minimum Gasteiger partial charge on any atom is -0.370 e. The van der Waals surface area contributed by atoms with Crippen molar-refractivity contribution in [1.29, 1.82) is 0 Å². The SMILES string of the molecule is Bc1cnn2c(NCC3CCCN(Cc4cccc(Cl)c4Cl)C3)cc(-c3ccccc3Cl)nc12. The number of hydrogen-bond donors (Lipinski definition) is 1. The van der Waals surface area contributed by atoms with E-state index in [-0.39, 0.29) is 0 Å². The third-order valence-corrected chi connectivity index (χ3v) is 7.59. The highest BCUT2D eigenvalue weighted by atomic mass is 35.5. The van der Waals surface area contributed by atoms with E-state index in [1.165, 1.54) is 6.42 Å². The fraction of sp³-hybridized carbons (Fsp3) is 0.280. The van der Waals surface area contributed by atoms with Crippen LogP contribution in [0.25, 0.3) is 16.9 Å². The van der Waals surface area contributed by atoms with E-state index in [0.717, 1.165) is 66.3 Å². The molecule has 1 fully saturated rings. The number of fused-ring (bicyclic) bond motifs is 1. The van der Waals surface area contributed by atoms with Crippen molar-refractivity contribution in [2.75, 3.05) is 25.0 Å². The molecule has 3 heterocycles. The van der Waals surface area contributed by atoms with Crippen LogP contribution in [0.4, 0.5) is 5.82 Å². The largest absolute Gasteiger partial charge is 0.370 e. The number of nitrogens with one attached hydrogen (secondary N) is 1. The number of rotatable bonds is 6. The lowest BCUT2D eigenvalue weighted by Crippen LogP contribution is -2.37. The number of piperidine rings is 1. The Morgan fingerprint density at radius 1 is 1.06 bits per heavy atom. The lowest BCUT2D eigenvalue weighted by atomic mass is 9.97. The Morgan fingerprint density at radius 3 is 2.74 bits per heavy atom. The molecular weight excluding hydrogens is 487 g/mol. The van der Waals surface area contributed by atoms with Crippen molar-refractivity contribution in [2.45, 2.75) is 19.4 Å². The highest BCUT2D eigenvalue weighted by molar-refractivity contribution is 6.42. The number of halogens is 3. The molecule has 1 unspecified atom stereocenters. The smallest absolute Gasteiger partial charge is 0.151 e. The second-order valence-electron chi connectivity index (χ2n) is 8.91. The van der Waals surface area contributed by atoms with Crippen molar-refractivity contribution in [2.24, 2.45) is 5.92 Å². The molecular formula is C25H25BCl3N5. The summed E-state index contributed by atoms with van der Waals surface area (Å²) in [6.45, 7) is 3.72. The van der Waals surface area contributed by atoms with Crippen LogP contribution in [0.2, 0.25) is 15.1 Å². The van der Waals surface area contributed by atoms with Gasteiger partial charge in [-0.3, -0.25) is 4.90 Å². The average molecular weight is 513 g/mol. The van der Waals surface area contributed by atoms with Gasteiger partial charge < -0.3 is 5.32 Å². The Bertz CT molecular complexity index is 1330. The van der Waals surface area contributed by atoms with E-state index in [0.29, 0.717) is 21.0 Å². The molecule has 0 spiro atoms. The van der Waals surface area contributed by atoms with E-state index in [9.17, 15) is 0 Å². The Kier molecular flexibility index (Phi) is 7.02. The lowest BCUT2D eigenvalue weighted by Gasteiger charge is -2.33. The first-order valence-electron chi connectivity index (χ1n) is 11.5. The molecule has 1 atom stereocenters. The third-order valence-electron chi connectivity index (χ3n) is 6.40. The molecule has 5 rings (SSSR count). The van der Waals surface area contributed by atoms with Crippen molar-refractivity contribution < 1.29 is 0 Å². The fourth-order valence-electron chi connectivity index (χ4n) is 4.63. The van der Waals surface area contributed by atoms with E-state index < -0.39 is 0 Å². The average Bonchev–Trinajstić information content (AvgIpc) is 3.22. The van der Waals surface area contributed by atoms with Crippen LogP contribution in [-0.2, 0) is 6.54 Å². The maximum absolute atomic E-state index is 6.47. The van der Waals surface area contributed by atoms with Gasteiger partial charge in [-0.25, -0.2) is 4.98 Å². The van der Waals surface area contributed by atoms with Crippen LogP contribution in [0.5, 0.6) is 0 Å². The van der Waals surface area contributed by atoms with Crippen molar-refractivity contribution in [3.63, 3.8) is 0 Å². The van der Waals surface area contributed by atoms with E-state index in [2.05, 4.69) is 21.4 Å². The Morgan fingerprint density at radius 2 is 1.88 bits per heavy atom. The molecule has 0 amide bonds. The standard InChI is InChI=1S/C25H25BCl3N5/c26-19-13-31-34-23(11-22(32-25(19)34)18-7-1-2-8-20(18)27)30-12-16-5-4-10-33(14-16)15-17-6-3-9-21(28)24(17)29/h1-3,6-9,11,13,16,30H,4-5,10,12,14-15,26H2. The Labute approximate surface area is 215 Å². The van der Waals surface area contributed by atoms with E-state index in [1.54, 1.807) is 0 Å². The summed E-state index contributed by atoms with van der Waals surface area (Å²) in [7, 11) is 2.02. The van der Waals surface area contributed by atoms with Gasteiger partial charge in [0.25, 0.3) is 0 Å². The van der Waals surface area contributed by atoms with Gasteiger partial charge in [0.1, 0.15) is 13.7 Å². The van der Waals surface area contributed by atoms with Crippen LogP contribution in [0.3, 0.4) is 0 Å². The molecule has 34 heavy (non-hydrogen) atoms. The van der Waals surface area contributed by atoms with Crippen molar-refractivity contribution >= 4 is 59.6 Å². The molecule has 4 aromatic rings. The molecule has 0 bridgehead atoms. The van der Waals surface area contributed by atoms with Gasteiger partial charge in [-0.1, -0.05) is 65.1 Å². The first-order chi connectivity index (χ1) is 16.5. The predicted molar refractivity (Wildman–Crippen MR) is 145 cm³/mol. The molecule has 5 nitrogen and oxygen atoms in total. The van der Waals surface area contributed by atoms with E-state index >= 15 is 0 Å². The second kappa shape index (κ2) is 10.2. The van der Waals surface area contributed by atoms with Crippen LogP contribution in [-0.4, -0.2) is 47.0 Å². The summed E-state index contributed by atoms with van der Waals surface area (Å²) in [5.41, 5.74) is 4.69. The van der Waals surface area contributed by atoms with Gasteiger partial charge in [-0.05, 0) is 48.5 Å². The molecule has 0 aliphatic carbocycles. The zero-order chi connectivity index (χ0) is 23.7. The first kappa shape index (κ1) is 23.5. The molecule has 0 saturated carbocycles. The highest BCUT2D eigenvalue weighted by Crippen LogP contribution is 2.30. The lowest BCUT2D eigenvalue weighted by molar-refractivity contribution is 0.173. The number of nitrogens with zero attached hydrogens (tertiary/aromatic N) is 4. The quantitative estimate of drug-likeness (QED) is 0.372. The van der Waals surface area contributed by atoms with E-state index in [4.69, 9.17) is 39.8 Å². The number of benzene rings is 2. The third kappa shape index (κ3) is 4.91. The number of likely N-dealkylation sites (tertiary alicyclic amines) is 1. The molecule has 1 saturated heterocycles. The molecule has 1 N–H and O–H groups in total. The van der Waals surface area contributed by atoms with Crippen LogP contribution in [0, 0.1) is 5.92 Å². The number of anilines is 1. The van der Waals surface area contributed by atoms with Gasteiger partial charge in [-0.15, -0.1) is 0 Å². The first-order valence-corrected chi connectivity index (χ1v) is 12.6. The Hall–Kier alpha value is -2.25. The van der Waals surface area contributed by atoms with Crippen LogP contribution in [0.15, 0.2) is 54.7 Å². The second-order valence-corrected chi connectivity index (χ2v) is 10.1. The topological polar surface area (TPSA) is 45.5 Å². The molecule has 174 valence electrons. The summed E-state index contributed by atoms with van der Waals surface area (Å²) < 4.78 is 1.88. The Balaban J connectivity index is 1.33. The minimum atomic E-state index is 0.510. The maximum atomic E-state index is 6.47. The van der Waals surface area contributed by atoms with Gasteiger partial charge >= 0.3 is 0 Å². The summed E-state index contributed by atoms with van der Waals surface area (Å²) in [6, 6.07) is 15.7. The molecule has 9 heteroatoms. The van der Waals surface area contributed by atoms with Gasteiger partial charge in [-0.2, -0.15) is 9.61 Å². The summed E-state index contributed by atoms with van der Waals surface area (Å²) in [5.74, 6) is 1.43. The van der Waals surface area contributed by atoms with E-state index in [1.807, 2.05) is 61.0 Å².